The minimum absolute atomic E-state index is 0.00841. The Morgan fingerprint density at radius 2 is 1.80 bits per heavy atom. The number of carbonyl (C=O) groups excluding carboxylic acids is 2. The molecule has 0 unspecified atom stereocenters. The lowest BCUT2D eigenvalue weighted by Crippen LogP contribution is -2.24. The minimum atomic E-state index is -0.268. The van der Waals surface area contributed by atoms with Gasteiger partial charge in [-0.2, -0.15) is 0 Å². The lowest BCUT2D eigenvalue weighted by molar-refractivity contribution is -0.168. The van der Waals surface area contributed by atoms with Crippen LogP contribution in [0.25, 0.3) is 0 Å². The second kappa shape index (κ2) is 11.5. The third-order valence-electron chi connectivity index (χ3n) is 3.08. The Labute approximate surface area is 121 Å². The van der Waals surface area contributed by atoms with Gasteiger partial charge in [0.25, 0.3) is 0 Å². The number of esters is 1. The highest BCUT2D eigenvalue weighted by molar-refractivity contribution is 5.74. The van der Waals surface area contributed by atoms with Gasteiger partial charge in [-0.25, -0.2) is 5.06 Å². The molecule has 5 nitrogen and oxygen atoms in total. The first kappa shape index (κ1) is 18.6. The van der Waals surface area contributed by atoms with Crippen molar-refractivity contribution in [1.29, 1.82) is 0 Å². The summed E-state index contributed by atoms with van der Waals surface area (Å²) in [5, 5.41) is 1.26. The van der Waals surface area contributed by atoms with Gasteiger partial charge in [0.2, 0.25) is 5.91 Å². The van der Waals surface area contributed by atoms with Gasteiger partial charge in [0.05, 0.1) is 7.11 Å². The molecule has 0 spiro atoms. The number of hydrogen-bond acceptors (Lipinski definition) is 4. The Morgan fingerprint density at radius 1 is 1.20 bits per heavy atom. The molecule has 0 heterocycles. The number of hydrogen-bond donors (Lipinski definition) is 0. The monoisotopic (exact) mass is 285 g/mol. The van der Waals surface area contributed by atoms with E-state index in [0.29, 0.717) is 6.42 Å². The van der Waals surface area contributed by atoms with Crippen molar-refractivity contribution in [2.45, 2.75) is 58.0 Å². The van der Waals surface area contributed by atoms with E-state index in [1.54, 1.807) is 13.1 Å². The molecule has 20 heavy (non-hydrogen) atoms. The smallest absolute Gasteiger partial charge is 0.303 e. The number of nitrogens with zero attached hydrogens (tertiary/aromatic N) is 1. The zero-order valence-electron chi connectivity index (χ0n) is 12.9. The molecule has 1 atom stereocenters. The molecule has 0 aliphatic heterocycles. The fourth-order valence-electron chi connectivity index (χ4n) is 1.85. The molecular weight excluding hydrogens is 258 g/mol. The number of ether oxygens (including phenoxy) is 1. The summed E-state index contributed by atoms with van der Waals surface area (Å²) in [5.41, 5.74) is 0. The van der Waals surface area contributed by atoms with Gasteiger partial charge in [-0.3, -0.25) is 14.4 Å². The van der Waals surface area contributed by atoms with Crippen LogP contribution < -0.4 is 0 Å². The van der Waals surface area contributed by atoms with Crippen LogP contribution in [-0.2, 0) is 19.2 Å². The Bertz CT molecular complexity index is 304. The van der Waals surface area contributed by atoms with Gasteiger partial charge in [-0.1, -0.05) is 31.9 Å². The number of carbonyl (C=O) groups is 2. The summed E-state index contributed by atoms with van der Waals surface area (Å²) < 4.78 is 5.08. The van der Waals surface area contributed by atoms with Gasteiger partial charge in [-0.15, -0.1) is 0 Å². The third kappa shape index (κ3) is 9.55. The third-order valence-corrected chi connectivity index (χ3v) is 3.08. The van der Waals surface area contributed by atoms with Crippen LogP contribution in [0.4, 0.5) is 0 Å². The number of hydroxylamine groups is 2. The molecule has 0 fully saturated rings. The average molecular weight is 285 g/mol. The first-order valence-corrected chi connectivity index (χ1v) is 7.11. The Morgan fingerprint density at radius 3 is 2.35 bits per heavy atom. The number of unbranched alkanes of at least 4 members (excludes halogenated alkanes) is 4. The maximum atomic E-state index is 11.4. The number of rotatable bonds is 11. The van der Waals surface area contributed by atoms with Crippen LogP contribution in [0, 0.1) is 0 Å². The molecule has 0 radical (unpaired) electrons. The van der Waals surface area contributed by atoms with Crippen LogP contribution in [0.5, 0.6) is 0 Å². The largest absolute Gasteiger partial charge is 0.458 e. The normalized spacial score (nSPS) is 11.8. The fourth-order valence-corrected chi connectivity index (χ4v) is 1.85. The Balaban J connectivity index is 3.51. The van der Waals surface area contributed by atoms with Gasteiger partial charge in [0.1, 0.15) is 6.10 Å². The van der Waals surface area contributed by atoms with Crippen molar-refractivity contribution >= 4 is 11.9 Å². The molecular formula is C15H27NO4. The summed E-state index contributed by atoms with van der Waals surface area (Å²) in [5.74, 6) is -0.259. The zero-order valence-corrected chi connectivity index (χ0v) is 12.9. The minimum Gasteiger partial charge on any atom is -0.458 e. The first-order chi connectivity index (χ1) is 9.51. The molecule has 0 aromatic carbocycles. The molecule has 0 N–H and O–H groups in total. The molecule has 116 valence electrons. The SMILES string of the molecule is C=C[C@@H](CCCCCCCC(=O)N(C)OC)OC(C)=O. The van der Waals surface area contributed by atoms with Gasteiger partial charge in [0, 0.05) is 20.4 Å². The highest BCUT2D eigenvalue weighted by Crippen LogP contribution is 2.11. The summed E-state index contributed by atoms with van der Waals surface area (Å²) in [6.45, 7) is 5.06. The Kier molecular flexibility index (Phi) is 10.7. The molecule has 0 aromatic rings. The van der Waals surface area contributed by atoms with Crippen LogP contribution in [0.1, 0.15) is 51.9 Å². The molecule has 0 aromatic heterocycles. The molecule has 5 heteroatoms. The van der Waals surface area contributed by atoms with Crippen molar-refractivity contribution in [3.05, 3.63) is 12.7 Å². The highest BCUT2D eigenvalue weighted by atomic mass is 16.7. The van der Waals surface area contributed by atoms with E-state index in [0.717, 1.165) is 38.5 Å². The molecule has 0 aliphatic carbocycles. The molecule has 0 aliphatic rings. The van der Waals surface area contributed by atoms with Crippen LogP contribution >= 0.6 is 0 Å². The predicted octanol–water partition coefficient (Wildman–Crippen LogP) is 2.85. The van der Waals surface area contributed by atoms with Crippen molar-refractivity contribution in [3.63, 3.8) is 0 Å². The topological polar surface area (TPSA) is 55.8 Å². The van der Waals surface area contributed by atoms with Crippen LogP contribution in [0.2, 0.25) is 0 Å². The second-order valence-corrected chi connectivity index (χ2v) is 4.76. The molecule has 0 saturated carbocycles. The number of amides is 1. The molecule has 1 amide bonds. The van der Waals surface area contributed by atoms with E-state index in [9.17, 15) is 9.59 Å². The van der Waals surface area contributed by atoms with E-state index < -0.39 is 0 Å². The zero-order chi connectivity index (χ0) is 15.4. The van der Waals surface area contributed by atoms with E-state index in [2.05, 4.69) is 6.58 Å². The highest BCUT2D eigenvalue weighted by Gasteiger charge is 2.08. The standard InChI is InChI=1S/C15H27NO4/c1-5-14(20-13(2)17)11-9-7-6-8-10-12-15(18)16(3)19-4/h5,14H,1,6-12H2,2-4H3/t14-/m0/s1. The predicted molar refractivity (Wildman–Crippen MR) is 77.8 cm³/mol. The summed E-state index contributed by atoms with van der Waals surface area (Å²) in [4.78, 5) is 27.1. The maximum Gasteiger partial charge on any atom is 0.303 e. The lowest BCUT2D eigenvalue weighted by atomic mass is 10.1. The van der Waals surface area contributed by atoms with Crippen molar-refractivity contribution in [1.82, 2.24) is 5.06 Å². The van der Waals surface area contributed by atoms with E-state index in [4.69, 9.17) is 9.57 Å². The quantitative estimate of drug-likeness (QED) is 0.253. The van der Waals surface area contributed by atoms with Gasteiger partial charge in [-0.05, 0) is 19.3 Å². The van der Waals surface area contributed by atoms with Crippen molar-refractivity contribution in [2.24, 2.45) is 0 Å². The molecule has 0 rings (SSSR count). The summed E-state index contributed by atoms with van der Waals surface area (Å²) in [6.07, 6.45) is 7.87. The van der Waals surface area contributed by atoms with E-state index >= 15 is 0 Å². The molecule has 0 saturated heterocycles. The Hall–Kier alpha value is -1.36. The van der Waals surface area contributed by atoms with E-state index in [-0.39, 0.29) is 18.0 Å². The van der Waals surface area contributed by atoms with Crippen molar-refractivity contribution in [2.75, 3.05) is 14.2 Å². The van der Waals surface area contributed by atoms with Gasteiger partial charge < -0.3 is 4.74 Å². The van der Waals surface area contributed by atoms with E-state index in [1.165, 1.54) is 19.1 Å². The van der Waals surface area contributed by atoms with Crippen LogP contribution in [0.15, 0.2) is 12.7 Å². The molecule has 0 bridgehead atoms. The average Bonchev–Trinajstić information content (AvgIpc) is 2.43. The van der Waals surface area contributed by atoms with Gasteiger partial charge in [0.15, 0.2) is 0 Å². The maximum absolute atomic E-state index is 11.4. The van der Waals surface area contributed by atoms with Crippen LogP contribution in [0.3, 0.4) is 0 Å². The fraction of sp³-hybridized carbons (Fsp3) is 0.733. The second-order valence-electron chi connectivity index (χ2n) is 4.76. The van der Waals surface area contributed by atoms with Crippen molar-refractivity contribution < 1.29 is 19.2 Å². The summed E-state index contributed by atoms with van der Waals surface area (Å²) in [6, 6.07) is 0. The van der Waals surface area contributed by atoms with E-state index in [1.807, 2.05) is 0 Å². The van der Waals surface area contributed by atoms with Crippen molar-refractivity contribution in [3.8, 4) is 0 Å². The summed E-state index contributed by atoms with van der Waals surface area (Å²) in [7, 11) is 3.10. The first-order valence-electron chi connectivity index (χ1n) is 7.11. The lowest BCUT2D eigenvalue weighted by Gasteiger charge is -2.13. The van der Waals surface area contributed by atoms with Crippen LogP contribution in [-0.4, -0.2) is 37.2 Å². The van der Waals surface area contributed by atoms with Gasteiger partial charge >= 0.3 is 5.97 Å². The summed E-state index contributed by atoms with van der Waals surface area (Å²) >= 11 is 0.